The lowest BCUT2D eigenvalue weighted by Gasteiger charge is -1.90. The number of hydrogen-bond donors (Lipinski definition) is 2. The molecule has 4 nitrogen and oxygen atoms in total. The first-order valence-electron chi connectivity index (χ1n) is 3.87. The number of carboxylic acid groups (broad SMARTS) is 1. The van der Waals surface area contributed by atoms with Gasteiger partial charge in [0.15, 0.2) is 0 Å². The Bertz CT molecular complexity index is 124. The number of halogens is 1. The molecule has 5 heteroatoms. The molecular weight excluding hydrogens is 204 g/mol. The van der Waals surface area contributed by atoms with Crippen LogP contribution < -0.4 is 5.32 Å². The molecule has 0 rings (SSSR count). The average molecular weight is 227 g/mol. The predicted octanol–water partition coefficient (Wildman–Crippen LogP) is 1.08. The van der Waals surface area contributed by atoms with Crippen molar-refractivity contribution in [3.05, 3.63) is 12.2 Å². The summed E-state index contributed by atoms with van der Waals surface area (Å²) in [4.78, 5) is 11.6. The van der Waals surface area contributed by atoms with Crippen molar-refractivity contribution in [3.63, 3.8) is 0 Å². The van der Waals surface area contributed by atoms with Gasteiger partial charge in [-0.15, -0.1) is 12.4 Å². The summed E-state index contributed by atoms with van der Waals surface area (Å²) in [6.07, 6.45) is 0. The van der Waals surface area contributed by atoms with Crippen LogP contribution in [0.15, 0.2) is 12.2 Å². The van der Waals surface area contributed by atoms with Gasteiger partial charge in [0.1, 0.15) is 0 Å². The van der Waals surface area contributed by atoms with Gasteiger partial charge in [-0.1, -0.05) is 6.58 Å². The molecule has 0 aromatic rings. The van der Waals surface area contributed by atoms with Gasteiger partial charge in [-0.05, 0) is 42.2 Å². The van der Waals surface area contributed by atoms with Crippen molar-refractivity contribution in [2.45, 2.75) is 6.92 Å². The van der Waals surface area contributed by atoms with Crippen LogP contribution in [0.4, 0.5) is 0 Å². The van der Waals surface area contributed by atoms with E-state index >= 15 is 0 Å². The highest BCUT2D eigenvalue weighted by molar-refractivity contribution is 5.85. The second kappa shape index (κ2) is 18.3. The SMILES string of the molecule is C=C(C)C(=O)O.CN(C)C.CNC.Cl. The molecule has 0 radical (unpaired) electrons. The van der Waals surface area contributed by atoms with Gasteiger partial charge in [0.05, 0.1) is 0 Å². The van der Waals surface area contributed by atoms with Gasteiger partial charge in [0.25, 0.3) is 0 Å². The fourth-order valence-electron chi connectivity index (χ4n) is 0. The number of hydrogen-bond acceptors (Lipinski definition) is 3. The van der Waals surface area contributed by atoms with E-state index in [2.05, 4.69) is 11.9 Å². The second-order valence-corrected chi connectivity index (χ2v) is 2.93. The highest BCUT2D eigenvalue weighted by Crippen LogP contribution is 1.81. The first-order chi connectivity index (χ1) is 5.79. The minimum atomic E-state index is -0.935. The van der Waals surface area contributed by atoms with E-state index in [1.54, 1.807) is 0 Å². The molecule has 0 saturated carbocycles. The zero-order chi connectivity index (χ0) is 11.4. The van der Waals surface area contributed by atoms with Crippen molar-refractivity contribution < 1.29 is 9.90 Å². The number of carboxylic acids is 1. The molecule has 0 saturated heterocycles. The van der Waals surface area contributed by atoms with Crippen LogP contribution >= 0.6 is 12.4 Å². The predicted molar refractivity (Wildman–Crippen MR) is 64.3 cm³/mol. The Hall–Kier alpha value is -0.580. The second-order valence-electron chi connectivity index (χ2n) is 2.93. The van der Waals surface area contributed by atoms with Crippen molar-refractivity contribution in [2.75, 3.05) is 35.2 Å². The molecule has 0 unspecified atom stereocenters. The first kappa shape index (κ1) is 23.3. The van der Waals surface area contributed by atoms with Crippen LogP contribution in [0.1, 0.15) is 6.92 Å². The fraction of sp³-hybridized carbons (Fsp3) is 0.667. The third kappa shape index (κ3) is 106. The molecule has 0 fully saturated rings. The molecule has 88 valence electrons. The highest BCUT2D eigenvalue weighted by atomic mass is 35.5. The summed E-state index contributed by atoms with van der Waals surface area (Å²) < 4.78 is 0. The van der Waals surface area contributed by atoms with E-state index in [0.29, 0.717) is 0 Å². The summed E-state index contributed by atoms with van der Waals surface area (Å²) >= 11 is 0. The maximum atomic E-state index is 9.60. The minimum absolute atomic E-state index is 0. The van der Waals surface area contributed by atoms with Crippen molar-refractivity contribution in [1.82, 2.24) is 10.2 Å². The van der Waals surface area contributed by atoms with Crippen molar-refractivity contribution in [2.24, 2.45) is 0 Å². The molecule has 14 heavy (non-hydrogen) atoms. The van der Waals surface area contributed by atoms with E-state index < -0.39 is 5.97 Å². The van der Waals surface area contributed by atoms with Crippen LogP contribution in [0.3, 0.4) is 0 Å². The molecule has 0 aliphatic carbocycles. The standard InChI is InChI=1S/C4H6O2.C3H9N.C2H7N.ClH/c1-3(2)4(5)6;1-4(2)3;1-3-2;/h1H2,2H3,(H,5,6);1-3H3;3H,1-2H3;1H. The summed E-state index contributed by atoms with van der Waals surface area (Å²) in [6.45, 7) is 4.60. The van der Waals surface area contributed by atoms with Crippen LogP contribution in [0.2, 0.25) is 0 Å². The molecule has 0 aliphatic heterocycles. The van der Waals surface area contributed by atoms with Gasteiger partial charge in [0.2, 0.25) is 0 Å². The van der Waals surface area contributed by atoms with Gasteiger partial charge in [0, 0.05) is 5.57 Å². The number of carbonyl (C=O) groups is 1. The summed E-state index contributed by atoms with van der Waals surface area (Å²) in [5.74, 6) is -0.935. The Morgan fingerprint density at radius 2 is 1.36 bits per heavy atom. The molecule has 2 N–H and O–H groups in total. The molecule has 0 aromatic carbocycles. The fourth-order valence-corrected chi connectivity index (χ4v) is 0. The van der Waals surface area contributed by atoms with Gasteiger partial charge in [-0.3, -0.25) is 0 Å². The van der Waals surface area contributed by atoms with Gasteiger partial charge in [-0.2, -0.15) is 0 Å². The van der Waals surface area contributed by atoms with Gasteiger partial charge >= 0.3 is 5.97 Å². The molecule has 0 aliphatic rings. The topological polar surface area (TPSA) is 52.6 Å². The van der Waals surface area contributed by atoms with E-state index in [1.807, 2.05) is 40.1 Å². The summed E-state index contributed by atoms with van der Waals surface area (Å²) in [5.41, 5.74) is 0.176. The lowest BCUT2D eigenvalue weighted by molar-refractivity contribution is -0.132. The Morgan fingerprint density at radius 3 is 1.36 bits per heavy atom. The van der Waals surface area contributed by atoms with Gasteiger partial charge in [-0.25, -0.2) is 4.79 Å². The van der Waals surface area contributed by atoms with Crippen molar-refractivity contribution in [1.29, 1.82) is 0 Å². The largest absolute Gasteiger partial charge is 0.478 e. The quantitative estimate of drug-likeness (QED) is 0.658. The van der Waals surface area contributed by atoms with Gasteiger partial charge < -0.3 is 15.3 Å². The van der Waals surface area contributed by atoms with Crippen LogP contribution in [0.25, 0.3) is 0 Å². The minimum Gasteiger partial charge on any atom is -0.478 e. The van der Waals surface area contributed by atoms with E-state index in [4.69, 9.17) is 5.11 Å². The number of rotatable bonds is 1. The van der Waals surface area contributed by atoms with Crippen molar-refractivity contribution >= 4 is 18.4 Å². The zero-order valence-electron chi connectivity index (χ0n) is 9.92. The average Bonchev–Trinajstić information content (AvgIpc) is 1.87. The number of nitrogens with one attached hydrogen (secondary N) is 1. The lowest BCUT2D eigenvalue weighted by atomic mass is 10.4. The number of aliphatic carboxylic acids is 1. The maximum absolute atomic E-state index is 9.60. The normalized spacial score (nSPS) is 7.07. The monoisotopic (exact) mass is 226 g/mol. The van der Waals surface area contributed by atoms with E-state index in [-0.39, 0.29) is 18.0 Å². The Morgan fingerprint density at radius 1 is 1.29 bits per heavy atom. The Balaban J connectivity index is -0.0000000553. The third-order valence-electron chi connectivity index (χ3n) is 0.365. The first-order valence-corrected chi connectivity index (χ1v) is 3.87. The molecule has 0 heterocycles. The van der Waals surface area contributed by atoms with Crippen LogP contribution in [-0.4, -0.2) is 51.2 Å². The van der Waals surface area contributed by atoms with Crippen LogP contribution in [-0.2, 0) is 4.79 Å². The summed E-state index contributed by atoms with van der Waals surface area (Å²) in [6, 6.07) is 0. The maximum Gasteiger partial charge on any atom is 0.330 e. The molecule has 0 bridgehead atoms. The van der Waals surface area contributed by atoms with Crippen LogP contribution in [0.5, 0.6) is 0 Å². The van der Waals surface area contributed by atoms with Crippen LogP contribution in [0, 0.1) is 0 Å². The lowest BCUT2D eigenvalue weighted by Crippen LogP contribution is -1.99. The summed E-state index contributed by atoms with van der Waals surface area (Å²) in [5, 5.41) is 10.6. The molecule has 0 spiro atoms. The molecular formula is C9H23ClN2O2. The molecule has 0 atom stereocenters. The number of nitrogens with zero attached hydrogens (tertiary/aromatic N) is 1. The third-order valence-corrected chi connectivity index (χ3v) is 0.365. The summed E-state index contributed by atoms with van der Waals surface area (Å²) in [7, 11) is 9.75. The molecule has 0 aromatic heterocycles. The van der Waals surface area contributed by atoms with E-state index in [9.17, 15) is 4.79 Å². The zero-order valence-corrected chi connectivity index (χ0v) is 10.7. The van der Waals surface area contributed by atoms with Crippen molar-refractivity contribution in [3.8, 4) is 0 Å². The van der Waals surface area contributed by atoms with E-state index in [0.717, 1.165) is 0 Å². The molecule has 0 amide bonds. The Kier molecular flexibility index (Phi) is 30.4. The Labute approximate surface area is 93.4 Å². The smallest absolute Gasteiger partial charge is 0.330 e. The van der Waals surface area contributed by atoms with E-state index in [1.165, 1.54) is 6.92 Å². The highest BCUT2D eigenvalue weighted by Gasteiger charge is 1.90.